The SMILES string of the molecule is CCCN1CCC(N2CCC[C@@H](C(=O)N3CCc4ccccc4C3)C2)CC1. The van der Waals surface area contributed by atoms with E-state index in [9.17, 15) is 4.79 Å². The molecule has 1 aromatic carbocycles. The summed E-state index contributed by atoms with van der Waals surface area (Å²) in [5, 5.41) is 0. The number of hydrogen-bond donors (Lipinski definition) is 0. The summed E-state index contributed by atoms with van der Waals surface area (Å²) in [6, 6.07) is 9.30. The molecule has 0 spiro atoms. The van der Waals surface area contributed by atoms with Crippen LogP contribution in [0.1, 0.15) is 50.2 Å². The van der Waals surface area contributed by atoms with Crippen LogP contribution in [0.4, 0.5) is 0 Å². The average Bonchev–Trinajstić information content (AvgIpc) is 2.74. The Balaban J connectivity index is 1.33. The van der Waals surface area contributed by atoms with Gasteiger partial charge in [-0.2, -0.15) is 0 Å². The predicted molar refractivity (Wildman–Crippen MR) is 110 cm³/mol. The van der Waals surface area contributed by atoms with E-state index < -0.39 is 0 Å². The zero-order chi connectivity index (χ0) is 18.6. The van der Waals surface area contributed by atoms with Gasteiger partial charge in [0.1, 0.15) is 0 Å². The van der Waals surface area contributed by atoms with Gasteiger partial charge in [0.05, 0.1) is 5.92 Å². The third-order valence-electron chi connectivity index (χ3n) is 6.86. The van der Waals surface area contributed by atoms with Crippen LogP contribution < -0.4 is 0 Å². The summed E-state index contributed by atoms with van der Waals surface area (Å²) in [5.74, 6) is 0.607. The third kappa shape index (κ3) is 4.38. The van der Waals surface area contributed by atoms with Crippen molar-refractivity contribution in [2.24, 2.45) is 5.92 Å². The molecule has 4 heteroatoms. The Kier molecular flexibility index (Phi) is 6.14. The normalized spacial score (nSPS) is 25.4. The van der Waals surface area contributed by atoms with Crippen LogP contribution in [0.5, 0.6) is 0 Å². The van der Waals surface area contributed by atoms with Crippen molar-refractivity contribution in [1.82, 2.24) is 14.7 Å². The molecule has 1 atom stereocenters. The fourth-order valence-corrected chi connectivity index (χ4v) is 5.31. The van der Waals surface area contributed by atoms with E-state index in [0.29, 0.717) is 11.9 Å². The molecule has 3 aliphatic heterocycles. The van der Waals surface area contributed by atoms with Gasteiger partial charge in [-0.1, -0.05) is 31.2 Å². The maximum Gasteiger partial charge on any atom is 0.227 e. The summed E-state index contributed by atoms with van der Waals surface area (Å²) in [5.41, 5.74) is 2.76. The van der Waals surface area contributed by atoms with Crippen LogP contribution in [0.2, 0.25) is 0 Å². The molecule has 4 nitrogen and oxygen atoms in total. The number of nitrogens with zero attached hydrogens (tertiary/aromatic N) is 3. The first-order valence-corrected chi connectivity index (χ1v) is 11.1. The second kappa shape index (κ2) is 8.74. The summed E-state index contributed by atoms with van der Waals surface area (Å²) in [6.07, 6.45) is 7.06. The number of carbonyl (C=O) groups excluding carboxylic acids is 1. The minimum atomic E-state index is 0.206. The van der Waals surface area contributed by atoms with E-state index in [0.717, 1.165) is 32.5 Å². The van der Waals surface area contributed by atoms with Crippen LogP contribution in [0.25, 0.3) is 0 Å². The topological polar surface area (TPSA) is 26.8 Å². The summed E-state index contributed by atoms with van der Waals surface area (Å²) in [4.78, 5) is 20.6. The lowest BCUT2D eigenvalue weighted by Crippen LogP contribution is -2.51. The molecule has 0 unspecified atom stereocenters. The van der Waals surface area contributed by atoms with Gasteiger partial charge in [-0.25, -0.2) is 0 Å². The van der Waals surface area contributed by atoms with Crippen LogP contribution >= 0.6 is 0 Å². The number of rotatable bonds is 4. The van der Waals surface area contributed by atoms with Gasteiger partial charge in [0.15, 0.2) is 0 Å². The van der Waals surface area contributed by atoms with Crippen molar-refractivity contribution in [1.29, 1.82) is 0 Å². The maximum atomic E-state index is 13.2. The summed E-state index contributed by atoms with van der Waals surface area (Å²) in [7, 11) is 0. The Morgan fingerprint density at radius 1 is 1.04 bits per heavy atom. The van der Waals surface area contributed by atoms with Crippen molar-refractivity contribution >= 4 is 5.91 Å². The number of likely N-dealkylation sites (tertiary alicyclic amines) is 2. The number of amides is 1. The predicted octanol–water partition coefficient (Wildman–Crippen LogP) is 3.16. The molecule has 3 heterocycles. The molecule has 0 aliphatic carbocycles. The molecule has 148 valence electrons. The molecule has 1 amide bonds. The van der Waals surface area contributed by atoms with Crippen molar-refractivity contribution < 1.29 is 4.79 Å². The van der Waals surface area contributed by atoms with E-state index in [4.69, 9.17) is 0 Å². The smallest absolute Gasteiger partial charge is 0.227 e. The molecule has 2 fully saturated rings. The Morgan fingerprint density at radius 3 is 2.59 bits per heavy atom. The van der Waals surface area contributed by atoms with E-state index in [-0.39, 0.29) is 5.92 Å². The Bertz CT molecular complexity index is 638. The second-order valence-electron chi connectivity index (χ2n) is 8.69. The first-order chi connectivity index (χ1) is 13.2. The largest absolute Gasteiger partial charge is 0.338 e. The zero-order valence-electron chi connectivity index (χ0n) is 16.9. The summed E-state index contributed by atoms with van der Waals surface area (Å²) < 4.78 is 0. The van der Waals surface area contributed by atoms with Crippen molar-refractivity contribution in [3.8, 4) is 0 Å². The van der Waals surface area contributed by atoms with Crippen LogP contribution in [0.15, 0.2) is 24.3 Å². The van der Waals surface area contributed by atoms with E-state index in [1.807, 2.05) is 0 Å². The van der Waals surface area contributed by atoms with Gasteiger partial charge in [0.2, 0.25) is 5.91 Å². The molecule has 4 rings (SSSR count). The van der Waals surface area contributed by atoms with Crippen molar-refractivity contribution in [3.05, 3.63) is 35.4 Å². The molecule has 27 heavy (non-hydrogen) atoms. The lowest BCUT2D eigenvalue weighted by atomic mass is 9.91. The molecule has 1 aromatic rings. The van der Waals surface area contributed by atoms with E-state index in [1.165, 1.54) is 63.0 Å². The highest BCUT2D eigenvalue weighted by atomic mass is 16.2. The van der Waals surface area contributed by atoms with Gasteiger partial charge >= 0.3 is 0 Å². The van der Waals surface area contributed by atoms with Crippen molar-refractivity contribution in [2.75, 3.05) is 39.3 Å². The van der Waals surface area contributed by atoms with Gasteiger partial charge in [0.25, 0.3) is 0 Å². The Morgan fingerprint density at radius 2 is 1.81 bits per heavy atom. The van der Waals surface area contributed by atoms with Crippen LogP contribution in [0, 0.1) is 5.92 Å². The van der Waals surface area contributed by atoms with Crippen LogP contribution in [0.3, 0.4) is 0 Å². The number of benzene rings is 1. The summed E-state index contributed by atoms with van der Waals surface area (Å²) in [6.45, 7) is 9.84. The molecule has 0 bridgehead atoms. The van der Waals surface area contributed by atoms with Gasteiger partial charge in [-0.3, -0.25) is 9.69 Å². The molecular weight excluding hydrogens is 334 g/mol. The first-order valence-electron chi connectivity index (χ1n) is 11.1. The fourth-order valence-electron chi connectivity index (χ4n) is 5.31. The summed E-state index contributed by atoms with van der Waals surface area (Å²) >= 11 is 0. The van der Waals surface area contributed by atoms with Gasteiger partial charge in [-0.15, -0.1) is 0 Å². The Labute approximate surface area is 164 Å². The fraction of sp³-hybridized carbons (Fsp3) is 0.696. The molecule has 0 N–H and O–H groups in total. The van der Waals surface area contributed by atoms with Crippen LogP contribution in [-0.4, -0.2) is 65.9 Å². The van der Waals surface area contributed by atoms with Gasteiger partial charge in [0, 0.05) is 25.7 Å². The van der Waals surface area contributed by atoms with E-state index in [2.05, 4.69) is 45.9 Å². The minimum absolute atomic E-state index is 0.206. The third-order valence-corrected chi connectivity index (χ3v) is 6.86. The molecule has 0 saturated carbocycles. The maximum absolute atomic E-state index is 13.2. The molecule has 3 aliphatic rings. The molecule has 2 saturated heterocycles. The number of hydrogen-bond acceptors (Lipinski definition) is 3. The first kappa shape index (κ1) is 18.9. The zero-order valence-corrected chi connectivity index (χ0v) is 16.9. The molecular formula is C23H35N3O. The highest BCUT2D eigenvalue weighted by Crippen LogP contribution is 2.27. The van der Waals surface area contributed by atoms with E-state index in [1.54, 1.807) is 0 Å². The average molecular weight is 370 g/mol. The molecule has 0 radical (unpaired) electrons. The number of piperidine rings is 2. The van der Waals surface area contributed by atoms with Crippen molar-refractivity contribution in [3.63, 3.8) is 0 Å². The van der Waals surface area contributed by atoms with E-state index >= 15 is 0 Å². The standard InChI is InChI=1S/C23H35N3O/c1-2-12-24-14-10-22(11-15-24)25-13-5-8-21(18-25)23(27)26-16-9-19-6-3-4-7-20(19)17-26/h3-4,6-7,21-22H,2,5,8-18H2,1H3/t21-/m1/s1. The minimum Gasteiger partial charge on any atom is -0.338 e. The van der Waals surface area contributed by atoms with Gasteiger partial charge in [-0.05, 0) is 75.8 Å². The van der Waals surface area contributed by atoms with Crippen molar-refractivity contribution in [2.45, 2.75) is 58.0 Å². The highest BCUT2D eigenvalue weighted by Gasteiger charge is 2.34. The number of carbonyl (C=O) groups is 1. The monoisotopic (exact) mass is 369 g/mol. The highest BCUT2D eigenvalue weighted by molar-refractivity contribution is 5.79. The van der Waals surface area contributed by atoms with Crippen LogP contribution in [-0.2, 0) is 17.8 Å². The lowest BCUT2D eigenvalue weighted by Gasteiger charge is -2.43. The number of fused-ring (bicyclic) bond motifs is 1. The van der Waals surface area contributed by atoms with Gasteiger partial charge < -0.3 is 9.80 Å². The lowest BCUT2D eigenvalue weighted by molar-refractivity contribution is -0.138. The quantitative estimate of drug-likeness (QED) is 0.816. The Hall–Kier alpha value is -1.39. The second-order valence-corrected chi connectivity index (χ2v) is 8.69. The molecule has 0 aromatic heterocycles.